The molecule has 6 aromatic rings. The maximum atomic E-state index is 13.8. The normalized spacial score (nSPS) is 17.1. The number of anilines is 1. The predicted molar refractivity (Wildman–Crippen MR) is 214 cm³/mol. The number of carboxylic acids is 1. The topological polar surface area (TPSA) is 155 Å². The number of rotatable bonds is 12. The maximum absolute atomic E-state index is 13.8. The van der Waals surface area contributed by atoms with E-state index in [9.17, 15) is 24.3 Å². The number of thioether (sulfide) groups is 1. The van der Waals surface area contributed by atoms with Crippen molar-refractivity contribution >= 4 is 73.3 Å². The van der Waals surface area contributed by atoms with Gasteiger partial charge in [-0.15, -0.1) is 23.1 Å². The maximum Gasteiger partial charge on any atom is 0.352 e. The zero-order valence-electron chi connectivity index (χ0n) is 29.1. The smallest absolute Gasteiger partial charge is 0.352 e. The second kappa shape index (κ2) is 15.0. The van der Waals surface area contributed by atoms with E-state index in [-0.39, 0.29) is 35.0 Å². The van der Waals surface area contributed by atoms with Gasteiger partial charge in [0.15, 0.2) is 10.8 Å². The Morgan fingerprint density at radius 3 is 2.09 bits per heavy atom. The first-order valence-corrected chi connectivity index (χ1v) is 19.8. The average Bonchev–Trinajstić information content (AvgIpc) is 3.81. The van der Waals surface area contributed by atoms with E-state index in [4.69, 9.17) is 9.82 Å². The molecular formula is C40H32N6O6S3. The van der Waals surface area contributed by atoms with Gasteiger partial charge >= 0.3 is 5.97 Å². The number of aliphatic carboxylic acids is 1. The third-order valence-electron chi connectivity index (χ3n) is 9.48. The van der Waals surface area contributed by atoms with Crippen molar-refractivity contribution in [2.24, 2.45) is 5.16 Å². The molecule has 4 heterocycles. The van der Waals surface area contributed by atoms with Gasteiger partial charge in [-0.3, -0.25) is 23.2 Å². The van der Waals surface area contributed by atoms with Crippen LogP contribution < -0.4 is 16.2 Å². The summed E-state index contributed by atoms with van der Waals surface area (Å²) < 4.78 is 2.29. The number of hydrogen-bond donors (Lipinski definition) is 3. The summed E-state index contributed by atoms with van der Waals surface area (Å²) in [5.41, 5.74) is 2.16. The lowest BCUT2D eigenvalue weighted by atomic mass is 9.77. The fourth-order valence-electron chi connectivity index (χ4n) is 6.99. The molecule has 276 valence electrons. The fraction of sp³-hybridized carbons (Fsp3) is 0.150. The Morgan fingerprint density at radius 1 is 0.909 bits per heavy atom. The quantitative estimate of drug-likeness (QED) is 0.0612. The molecule has 1 saturated heterocycles. The summed E-state index contributed by atoms with van der Waals surface area (Å²) in [6.07, 6.45) is 0. The second-order valence-corrected chi connectivity index (χ2v) is 15.7. The van der Waals surface area contributed by atoms with E-state index in [0.29, 0.717) is 16.1 Å². The molecule has 2 aliphatic rings. The van der Waals surface area contributed by atoms with E-state index in [1.54, 1.807) is 17.5 Å². The molecule has 0 saturated carbocycles. The van der Waals surface area contributed by atoms with Gasteiger partial charge in [0.25, 0.3) is 17.4 Å². The number of aromatic nitrogens is 2. The first-order chi connectivity index (χ1) is 26.8. The van der Waals surface area contributed by atoms with Crippen LogP contribution in [0.4, 0.5) is 5.13 Å². The lowest BCUT2D eigenvalue weighted by molar-refractivity contribution is -0.150. The molecule has 15 heteroatoms. The summed E-state index contributed by atoms with van der Waals surface area (Å²) in [4.78, 5) is 64.0. The van der Waals surface area contributed by atoms with Crippen molar-refractivity contribution in [3.8, 4) is 0 Å². The number of oxime groups is 1. The Labute approximate surface area is 326 Å². The highest BCUT2D eigenvalue weighted by Gasteiger charge is 2.54. The number of hydrogen-bond acceptors (Lipinski definition) is 11. The first-order valence-electron chi connectivity index (χ1n) is 17.1. The number of thiazole rings is 1. The van der Waals surface area contributed by atoms with Crippen LogP contribution in [0.1, 0.15) is 22.4 Å². The molecule has 2 aromatic heterocycles. The molecule has 1 fully saturated rings. The largest absolute Gasteiger partial charge is 0.477 e. The lowest BCUT2D eigenvalue weighted by Crippen LogP contribution is -2.71. The van der Waals surface area contributed by atoms with Crippen LogP contribution in [0.3, 0.4) is 0 Å². The SMILES string of the molecule is CON=C(C(=O)N[C@@H]1C(=O)N2C(C(=O)O)=C(Cn3sc4ccccc4c3=O)CS[C@H]12)c1csc(NC(c2ccccc2)(c2ccccc2)c2ccccc2)n1. The molecule has 0 aliphatic carbocycles. The van der Waals surface area contributed by atoms with Crippen molar-refractivity contribution in [2.75, 3.05) is 18.2 Å². The van der Waals surface area contributed by atoms with Crippen molar-refractivity contribution in [1.29, 1.82) is 0 Å². The number of β-lactam (4-membered cyclic amide) rings is 1. The van der Waals surface area contributed by atoms with Crippen molar-refractivity contribution in [3.05, 3.63) is 165 Å². The molecular weight excluding hydrogens is 757 g/mol. The van der Waals surface area contributed by atoms with Gasteiger partial charge in [0.1, 0.15) is 35.5 Å². The van der Waals surface area contributed by atoms with Crippen molar-refractivity contribution in [3.63, 3.8) is 0 Å². The summed E-state index contributed by atoms with van der Waals surface area (Å²) in [5, 5.41) is 22.7. The molecule has 3 N–H and O–H groups in total. The molecule has 2 aliphatic heterocycles. The van der Waals surface area contributed by atoms with Gasteiger partial charge in [0, 0.05) is 11.1 Å². The van der Waals surface area contributed by atoms with Crippen LogP contribution in [0.25, 0.3) is 10.1 Å². The van der Waals surface area contributed by atoms with E-state index in [1.807, 2.05) is 103 Å². The summed E-state index contributed by atoms with van der Waals surface area (Å²) >= 11 is 3.84. The Balaban J connectivity index is 1.05. The number of benzene rings is 4. The molecule has 8 rings (SSSR count). The van der Waals surface area contributed by atoms with Gasteiger partial charge in [0.2, 0.25) is 0 Å². The Hall–Kier alpha value is -6.03. The Morgan fingerprint density at radius 2 is 1.51 bits per heavy atom. The van der Waals surface area contributed by atoms with Gasteiger partial charge in [-0.1, -0.05) is 120 Å². The van der Waals surface area contributed by atoms with E-state index < -0.39 is 34.7 Å². The Bertz CT molecular complexity index is 2440. The number of nitrogens with one attached hydrogen (secondary N) is 2. The number of carbonyl (C=O) groups is 3. The number of amides is 2. The van der Waals surface area contributed by atoms with Gasteiger partial charge in [-0.2, -0.15) is 0 Å². The Kier molecular flexibility index (Phi) is 9.82. The van der Waals surface area contributed by atoms with Crippen LogP contribution in [0.2, 0.25) is 0 Å². The summed E-state index contributed by atoms with van der Waals surface area (Å²) in [5.74, 6) is -2.33. The molecule has 0 bridgehead atoms. The summed E-state index contributed by atoms with van der Waals surface area (Å²) in [6, 6.07) is 36.2. The zero-order chi connectivity index (χ0) is 38.1. The summed E-state index contributed by atoms with van der Waals surface area (Å²) in [7, 11) is 1.31. The first kappa shape index (κ1) is 36.0. The molecule has 4 aromatic carbocycles. The highest BCUT2D eigenvalue weighted by molar-refractivity contribution is 8.00. The highest BCUT2D eigenvalue weighted by Crippen LogP contribution is 2.42. The molecule has 0 radical (unpaired) electrons. The van der Waals surface area contributed by atoms with Crippen LogP contribution in [-0.2, 0) is 31.3 Å². The minimum absolute atomic E-state index is 0.0330. The molecule has 0 unspecified atom stereocenters. The van der Waals surface area contributed by atoms with E-state index in [0.717, 1.165) is 21.4 Å². The third kappa shape index (κ3) is 6.49. The van der Waals surface area contributed by atoms with Crippen molar-refractivity contribution in [1.82, 2.24) is 19.2 Å². The molecule has 2 atom stereocenters. The average molecular weight is 789 g/mol. The fourth-order valence-corrected chi connectivity index (χ4v) is 10.1. The standard InChI is InChI=1S/C40H32N6O6S3/c1-52-44-31(29-23-54-39(41-29)43-40(25-13-5-2-6-14-25,26-15-7-3-8-16-26)27-17-9-4-10-18-27)34(47)42-32-36(49)46-33(38(50)51)24(22-53-37(32)46)21-45-35(48)28-19-11-12-20-30(28)55-45/h2-20,23,32,37H,21-22H2,1H3,(H,41,43)(H,42,47)(H,50,51)/t32-,37-/m1/s1. The van der Waals surface area contributed by atoms with Crippen LogP contribution in [-0.4, -0.2) is 66.7 Å². The van der Waals surface area contributed by atoms with Crippen molar-refractivity contribution in [2.45, 2.75) is 23.5 Å². The minimum atomic E-state index is -1.28. The van der Waals surface area contributed by atoms with Gasteiger partial charge in [0.05, 0.1) is 16.6 Å². The molecule has 12 nitrogen and oxygen atoms in total. The lowest BCUT2D eigenvalue weighted by Gasteiger charge is -2.49. The number of carbonyl (C=O) groups excluding carboxylic acids is 2. The van der Waals surface area contributed by atoms with Crippen LogP contribution >= 0.6 is 34.6 Å². The van der Waals surface area contributed by atoms with Gasteiger partial charge in [-0.05, 0) is 34.4 Å². The molecule has 2 amide bonds. The van der Waals surface area contributed by atoms with Gasteiger partial charge < -0.3 is 20.6 Å². The van der Waals surface area contributed by atoms with E-state index >= 15 is 0 Å². The molecule has 0 spiro atoms. The second-order valence-electron chi connectivity index (χ2n) is 12.7. The predicted octanol–water partition coefficient (Wildman–Crippen LogP) is 5.71. The van der Waals surface area contributed by atoms with Gasteiger partial charge in [-0.25, -0.2) is 9.78 Å². The van der Waals surface area contributed by atoms with Crippen molar-refractivity contribution < 1.29 is 24.3 Å². The highest BCUT2D eigenvalue weighted by atomic mass is 32.2. The van der Waals surface area contributed by atoms with Crippen LogP contribution in [0.5, 0.6) is 0 Å². The van der Waals surface area contributed by atoms with E-state index in [1.165, 1.54) is 50.6 Å². The van der Waals surface area contributed by atoms with E-state index in [2.05, 4.69) is 15.8 Å². The third-order valence-corrected chi connectivity index (χ3v) is 12.6. The number of fused-ring (bicyclic) bond motifs is 2. The number of carboxylic acid groups (broad SMARTS) is 1. The number of nitrogens with zero attached hydrogens (tertiary/aromatic N) is 4. The zero-order valence-corrected chi connectivity index (χ0v) is 31.6. The minimum Gasteiger partial charge on any atom is -0.477 e. The monoisotopic (exact) mass is 788 g/mol. The summed E-state index contributed by atoms with van der Waals surface area (Å²) in [6.45, 7) is 0.0330. The molecule has 55 heavy (non-hydrogen) atoms. The van der Waals surface area contributed by atoms with Crippen LogP contribution in [0.15, 0.2) is 142 Å². The van der Waals surface area contributed by atoms with Crippen LogP contribution in [0, 0.1) is 0 Å².